The summed E-state index contributed by atoms with van der Waals surface area (Å²) in [4.78, 5) is 0. The van der Waals surface area contributed by atoms with Gasteiger partial charge in [0.1, 0.15) is 5.75 Å². The Morgan fingerprint density at radius 2 is 1.79 bits per heavy atom. The minimum atomic E-state index is -4.31. The SMILES string of the molecule is FC(F)(F)c1cccc(OC2C[C@@H]3CNC[C@H]3C2)c1. The summed E-state index contributed by atoms with van der Waals surface area (Å²) in [5.74, 6) is 1.57. The highest BCUT2D eigenvalue weighted by Crippen LogP contribution is 2.37. The van der Waals surface area contributed by atoms with E-state index in [0.29, 0.717) is 17.6 Å². The summed E-state index contributed by atoms with van der Waals surface area (Å²) in [6, 6.07) is 5.16. The van der Waals surface area contributed by atoms with E-state index in [-0.39, 0.29) is 6.10 Å². The molecule has 2 nitrogen and oxygen atoms in total. The molecule has 1 saturated heterocycles. The molecule has 1 N–H and O–H groups in total. The molecule has 1 aliphatic carbocycles. The standard InChI is InChI=1S/C14H16F3NO/c15-14(16,17)11-2-1-3-12(6-11)19-13-4-9-7-18-8-10(9)5-13/h1-3,6,9-10,13,18H,4-5,7-8H2/t9-,10-/m1/s1. The van der Waals surface area contributed by atoms with E-state index in [1.807, 2.05) is 0 Å². The van der Waals surface area contributed by atoms with Gasteiger partial charge in [-0.25, -0.2) is 0 Å². The molecule has 0 spiro atoms. The first-order valence-electron chi connectivity index (χ1n) is 6.57. The third kappa shape index (κ3) is 2.71. The molecule has 0 bridgehead atoms. The van der Waals surface area contributed by atoms with Gasteiger partial charge in [-0.3, -0.25) is 0 Å². The van der Waals surface area contributed by atoms with Crippen molar-refractivity contribution in [2.24, 2.45) is 11.8 Å². The molecule has 3 rings (SSSR count). The summed E-state index contributed by atoms with van der Waals surface area (Å²) >= 11 is 0. The van der Waals surface area contributed by atoms with Gasteiger partial charge in [0.05, 0.1) is 11.7 Å². The minimum Gasteiger partial charge on any atom is -0.490 e. The van der Waals surface area contributed by atoms with E-state index in [0.717, 1.165) is 38.1 Å². The number of nitrogens with one attached hydrogen (secondary N) is 1. The number of benzene rings is 1. The molecular formula is C14H16F3NO. The number of rotatable bonds is 2. The monoisotopic (exact) mass is 271 g/mol. The third-order valence-electron chi connectivity index (χ3n) is 4.08. The van der Waals surface area contributed by atoms with Gasteiger partial charge in [0.25, 0.3) is 0 Å². The van der Waals surface area contributed by atoms with Crippen LogP contribution in [0.25, 0.3) is 0 Å². The van der Waals surface area contributed by atoms with Crippen molar-refractivity contribution in [2.45, 2.75) is 25.1 Å². The highest BCUT2D eigenvalue weighted by molar-refractivity contribution is 5.30. The summed E-state index contributed by atoms with van der Waals surface area (Å²) in [5.41, 5.74) is -0.648. The van der Waals surface area contributed by atoms with Gasteiger partial charge >= 0.3 is 6.18 Å². The molecule has 104 valence electrons. The highest BCUT2D eigenvalue weighted by Gasteiger charge is 2.38. The van der Waals surface area contributed by atoms with Crippen molar-refractivity contribution >= 4 is 0 Å². The maximum absolute atomic E-state index is 12.6. The lowest BCUT2D eigenvalue weighted by Gasteiger charge is -2.16. The minimum absolute atomic E-state index is 0.0561. The first kappa shape index (κ1) is 12.8. The van der Waals surface area contributed by atoms with Crippen LogP contribution in [0.1, 0.15) is 18.4 Å². The van der Waals surface area contributed by atoms with Gasteiger partial charge in [0, 0.05) is 0 Å². The second-order valence-corrected chi connectivity index (χ2v) is 5.42. The van der Waals surface area contributed by atoms with Crippen LogP contribution >= 0.6 is 0 Å². The van der Waals surface area contributed by atoms with Gasteiger partial charge in [-0.2, -0.15) is 13.2 Å². The van der Waals surface area contributed by atoms with E-state index in [9.17, 15) is 13.2 Å². The van der Waals surface area contributed by atoms with Crippen LogP contribution in [0.5, 0.6) is 5.75 Å². The smallest absolute Gasteiger partial charge is 0.416 e. The second-order valence-electron chi connectivity index (χ2n) is 5.42. The Morgan fingerprint density at radius 1 is 1.11 bits per heavy atom. The Hall–Kier alpha value is -1.23. The Balaban J connectivity index is 1.67. The van der Waals surface area contributed by atoms with Crippen molar-refractivity contribution in [2.75, 3.05) is 13.1 Å². The van der Waals surface area contributed by atoms with Crippen molar-refractivity contribution in [1.29, 1.82) is 0 Å². The molecule has 2 fully saturated rings. The molecule has 1 aliphatic heterocycles. The predicted octanol–water partition coefficient (Wildman–Crippen LogP) is 3.08. The zero-order valence-corrected chi connectivity index (χ0v) is 10.4. The van der Waals surface area contributed by atoms with E-state index in [1.54, 1.807) is 6.07 Å². The second kappa shape index (κ2) is 4.71. The molecule has 0 aromatic heterocycles. The van der Waals surface area contributed by atoms with Crippen molar-refractivity contribution in [1.82, 2.24) is 5.32 Å². The molecule has 0 radical (unpaired) electrons. The zero-order valence-electron chi connectivity index (χ0n) is 10.4. The molecule has 2 atom stereocenters. The fourth-order valence-corrected chi connectivity index (χ4v) is 3.15. The van der Waals surface area contributed by atoms with Crippen LogP contribution < -0.4 is 10.1 Å². The molecule has 1 aromatic carbocycles. The number of hydrogen-bond donors (Lipinski definition) is 1. The van der Waals surface area contributed by atoms with Gasteiger partial charge in [0.15, 0.2) is 0 Å². The highest BCUT2D eigenvalue weighted by atomic mass is 19.4. The average Bonchev–Trinajstić information content (AvgIpc) is 2.88. The van der Waals surface area contributed by atoms with E-state index in [4.69, 9.17) is 4.74 Å². The lowest BCUT2D eigenvalue weighted by Crippen LogP contribution is -2.18. The van der Waals surface area contributed by atoms with Crippen LogP contribution in [0.3, 0.4) is 0 Å². The Labute approximate surface area is 109 Å². The lowest BCUT2D eigenvalue weighted by atomic mass is 10.0. The number of hydrogen-bond acceptors (Lipinski definition) is 2. The first-order chi connectivity index (χ1) is 9.02. The van der Waals surface area contributed by atoms with Crippen molar-refractivity contribution < 1.29 is 17.9 Å². The van der Waals surface area contributed by atoms with E-state index < -0.39 is 11.7 Å². The van der Waals surface area contributed by atoms with Crippen LogP contribution in [-0.2, 0) is 6.18 Å². The molecule has 2 aliphatic rings. The van der Waals surface area contributed by atoms with E-state index in [2.05, 4.69) is 5.32 Å². The van der Waals surface area contributed by atoms with Crippen LogP contribution in [-0.4, -0.2) is 19.2 Å². The van der Waals surface area contributed by atoms with Crippen molar-refractivity contribution in [3.63, 3.8) is 0 Å². The first-order valence-corrected chi connectivity index (χ1v) is 6.57. The van der Waals surface area contributed by atoms with Crippen LogP contribution in [0.15, 0.2) is 24.3 Å². The third-order valence-corrected chi connectivity index (χ3v) is 4.08. The van der Waals surface area contributed by atoms with Gasteiger partial charge < -0.3 is 10.1 Å². The molecule has 5 heteroatoms. The Morgan fingerprint density at radius 3 is 2.42 bits per heavy atom. The maximum Gasteiger partial charge on any atom is 0.416 e. The molecule has 1 saturated carbocycles. The van der Waals surface area contributed by atoms with Crippen LogP contribution in [0.2, 0.25) is 0 Å². The summed E-state index contributed by atoms with van der Waals surface area (Å²) in [7, 11) is 0. The van der Waals surface area contributed by atoms with Crippen molar-refractivity contribution in [3.05, 3.63) is 29.8 Å². The quantitative estimate of drug-likeness (QED) is 0.892. The maximum atomic E-state index is 12.6. The largest absolute Gasteiger partial charge is 0.490 e. The van der Waals surface area contributed by atoms with Gasteiger partial charge in [-0.15, -0.1) is 0 Å². The van der Waals surface area contributed by atoms with Crippen LogP contribution in [0, 0.1) is 11.8 Å². The molecular weight excluding hydrogens is 255 g/mol. The number of alkyl halides is 3. The molecule has 19 heavy (non-hydrogen) atoms. The average molecular weight is 271 g/mol. The summed E-state index contributed by atoms with van der Waals surface area (Å²) in [5, 5.41) is 3.33. The van der Waals surface area contributed by atoms with E-state index in [1.165, 1.54) is 6.07 Å². The fourth-order valence-electron chi connectivity index (χ4n) is 3.15. The van der Waals surface area contributed by atoms with Crippen molar-refractivity contribution in [3.8, 4) is 5.75 Å². The predicted molar refractivity (Wildman–Crippen MR) is 64.9 cm³/mol. The van der Waals surface area contributed by atoms with Gasteiger partial charge in [0.2, 0.25) is 0 Å². The van der Waals surface area contributed by atoms with E-state index >= 15 is 0 Å². The molecule has 1 heterocycles. The lowest BCUT2D eigenvalue weighted by molar-refractivity contribution is -0.137. The Bertz CT molecular complexity index is 448. The number of halogens is 3. The summed E-state index contributed by atoms with van der Waals surface area (Å²) in [6.07, 6.45) is -2.38. The topological polar surface area (TPSA) is 21.3 Å². The zero-order chi connectivity index (χ0) is 13.5. The molecule has 0 unspecified atom stereocenters. The van der Waals surface area contributed by atoms with Gasteiger partial charge in [-0.05, 0) is 56.0 Å². The Kier molecular flexibility index (Phi) is 3.17. The summed E-state index contributed by atoms with van der Waals surface area (Å²) in [6.45, 7) is 2.01. The van der Waals surface area contributed by atoms with Gasteiger partial charge in [-0.1, -0.05) is 6.07 Å². The van der Waals surface area contributed by atoms with Crippen LogP contribution in [0.4, 0.5) is 13.2 Å². The fraction of sp³-hybridized carbons (Fsp3) is 0.571. The molecule has 1 aromatic rings. The summed E-state index contributed by atoms with van der Waals surface area (Å²) < 4.78 is 43.5. The molecule has 0 amide bonds. The number of ether oxygens (including phenoxy) is 1. The normalized spacial score (nSPS) is 27.5. The number of fused-ring (bicyclic) bond motifs is 1.